The highest BCUT2D eigenvalue weighted by Gasteiger charge is 2.23. The van der Waals surface area contributed by atoms with Gasteiger partial charge >= 0.3 is 0 Å². The van der Waals surface area contributed by atoms with Gasteiger partial charge in [0.05, 0.1) is 39.4 Å². The van der Waals surface area contributed by atoms with Gasteiger partial charge in [-0.15, -0.1) is 0 Å². The van der Waals surface area contributed by atoms with Gasteiger partial charge in [-0.3, -0.25) is 9.69 Å². The summed E-state index contributed by atoms with van der Waals surface area (Å²) >= 11 is 0. The van der Waals surface area contributed by atoms with Crippen LogP contribution in [0.1, 0.15) is 24.1 Å². The first-order valence-electron chi connectivity index (χ1n) is 10.1. The van der Waals surface area contributed by atoms with E-state index in [0.717, 1.165) is 35.7 Å². The second-order valence-electron chi connectivity index (χ2n) is 7.00. The van der Waals surface area contributed by atoms with E-state index >= 15 is 0 Å². The molecule has 1 heterocycles. The number of nitrogens with zero attached hydrogens (tertiary/aromatic N) is 1. The summed E-state index contributed by atoms with van der Waals surface area (Å²) in [6.07, 6.45) is 0.352. The third-order valence-electron chi connectivity index (χ3n) is 5.08. The number of hydrogen-bond donors (Lipinski definition) is 1. The molecule has 0 radical (unpaired) electrons. The third kappa shape index (κ3) is 6.21. The van der Waals surface area contributed by atoms with Gasteiger partial charge in [0.2, 0.25) is 5.91 Å². The first kappa shape index (κ1) is 21.1. The summed E-state index contributed by atoms with van der Waals surface area (Å²) in [5.41, 5.74) is 2.13. The molecule has 1 N–H and O–H groups in total. The van der Waals surface area contributed by atoms with E-state index in [1.165, 1.54) is 0 Å². The lowest BCUT2D eigenvalue weighted by Gasteiger charge is -2.35. The lowest BCUT2D eigenvalue weighted by Crippen LogP contribution is -2.44. The van der Waals surface area contributed by atoms with Crippen LogP contribution in [0, 0.1) is 0 Å². The fraction of sp³-hybridized carbons (Fsp3) is 0.435. The van der Waals surface area contributed by atoms with Crippen molar-refractivity contribution < 1.29 is 19.0 Å². The first-order chi connectivity index (χ1) is 14.2. The molecular weight excluding hydrogens is 368 g/mol. The van der Waals surface area contributed by atoms with Crippen molar-refractivity contribution in [3.8, 4) is 11.5 Å². The Bertz CT molecular complexity index is 755. The van der Waals surface area contributed by atoms with Gasteiger partial charge in [-0.25, -0.2) is 0 Å². The Balaban J connectivity index is 1.61. The normalized spacial score (nSPS) is 15.5. The number of ether oxygens (including phenoxy) is 3. The zero-order chi connectivity index (χ0) is 20.5. The summed E-state index contributed by atoms with van der Waals surface area (Å²) in [5, 5.41) is 3.11. The molecule has 1 amide bonds. The van der Waals surface area contributed by atoms with E-state index in [4.69, 9.17) is 14.2 Å². The highest BCUT2D eigenvalue weighted by Crippen LogP contribution is 2.23. The number of benzene rings is 2. The summed E-state index contributed by atoms with van der Waals surface area (Å²) in [7, 11) is 1.66. The van der Waals surface area contributed by atoms with Gasteiger partial charge in [0.25, 0.3) is 0 Å². The monoisotopic (exact) mass is 398 g/mol. The topological polar surface area (TPSA) is 60.0 Å². The van der Waals surface area contributed by atoms with Gasteiger partial charge in [-0.1, -0.05) is 24.3 Å². The molecule has 0 saturated carbocycles. The summed E-state index contributed by atoms with van der Waals surface area (Å²) in [5.74, 6) is 1.67. The maximum absolute atomic E-state index is 12.5. The Morgan fingerprint density at radius 2 is 1.72 bits per heavy atom. The average molecular weight is 399 g/mol. The SMILES string of the molecule is CCOc1ccc(CC(=O)NCC(c2ccc(OC)cc2)N2CCOCC2)cc1. The predicted molar refractivity (Wildman–Crippen MR) is 112 cm³/mol. The molecule has 1 unspecified atom stereocenters. The lowest BCUT2D eigenvalue weighted by atomic mass is 10.0. The highest BCUT2D eigenvalue weighted by atomic mass is 16.5. The number of hydrogen-bond acceptors (Lipinski definition) is 5. The van der Waals surface area contributed by atoms with Crippen molar-refractivity contribution in [2.24, 2.45) is 0 Å². The van der Waals surface area contributed by atoms with Gasteiger partial charge in [0, 0.05) is 19.6 Å². The summed E-state index contributed by atoms with van der Waals surface area (Å²) in [4.78, 5) is 14.9. The minimum Gasteiger partial charge on any atom is -0.497 e. The molecule has 3 rings (SSSR count). The number of morpholine rings is 1. The molecule has 6 heteroatoms. The van der Waals surface area contributed by atoms with E-state index in [2.05, 4.69) is 22.3 Å². The number of rotatable bonds is 9. The van der Waals surface area contributed by atoms with Crippen LogP contribution in [0.4, 0.5) is 0 Å². The fourth-order valence-corrected chi connectivity index (χ4v) is 3.50. The molecule has 2 aromatic carbocycles. The molecule has 1 aliphatic heterocycles. The van der Waals surface area contributed by atoms with Crippen LogP contribution in [0.25, 0.3) is 0 Å². The molecule has 1 saturated heterocycles. The van der Waals surface area contributed by atoms with Crippen molar-refractivity contribution in [1.29, 1.82) is 0 Å². The predicted octanol–water partition coefficient (Wildman–Crippen LogP) is 2.83. The Morgan fingerprint density at radius 1 is 1.07 bits per heavy atom. The molecule has 1 atom stereocenters. The van der Waals surface area contributed by atoms with Crippen molar-refractivity contribution in [2.75, 3.05) is 46.6 Å². The highest BCUT2D eigenvalue weighted by molar-refractivity contribution is 5.78. The van der Waals surface area contributed by atoms with Gasteiger partial charge in [0.15, 0.2) is 0 Å². The molecule has 1 aliphatic rings. The van der Waals surface area contributed by atoms with E-state index in [1.807, 2.05) is 43.3 Å². The Kier molecular flexibility index (Phi) is 7.90. The standard InChI is InChI=1S/C23H30N2O4/c1-3-29-21-8-4-18(5-9-21)16-23(26)24-17-22(25-12-14-28-15-13-25)19-6-10-20(27-2)11-7-19/h4-11,22H,3,12-17H2,1-2H3,(H,24,26). The lowest BCUT2D eigenvalue weighted by molar-refractivity contribution is -0.120. The Hall–Kier alpha value is -2.57. The van der Waals surface area contributed by atoms with E-state index in [-0.39, 0.29) is 11.9 Å². The molecular formula is C23H30N2O4. The Morgan fingerprint density at radius 3 is 2.34 bits per heavy atom. The van der Waals surface area contributed by atoms with Gasteiger partial charge in [0.1, 0.15) is 11.5 Å². The molecule has 0 bridgehead atoms. The fourth-order valence-electron chi connectivity index (χ4n) is 3.50. The van der Waals surface area contributed by atoms with Crippen LogP contribution in [0.15, 0.2) is 48.5 Å². The molecule has 0 aromatic heterocycles. The van der Waals surface area contributed by atoms with Crippen molar-refractivity contribution in [2.45, 2.75) is 19.4 Å². The maximum atomic E-state index is 12.5. The third-order valence-corrected chi connectivity index (χ3v) is 5.08. The average Bonchev–Trinajstić information content (AvgIpc) is 2.77. The molecule has 29 heavy (non-hydrogen) atoms. The number of carbonyl (C=O) groups excluding carboxylic acids is 1. The molecule has 156 valence electrons. The largest absolute Gasteiger partial charge is 0.497 e. The van der Waals surface area contributed by atoms with Crippen LogP contribution >= 0.6 is 0 Å². The second-order valence-corrected chi connectivity index (χ2v) is 7.00. The quantitative estimate of drug-likeness (QED) is 0.704. The number of carbonyl (C=O) groups is 1. The van der Waals surface area contributed by atoms with Crippen LogP contribution in [0.2, 0.25) is 0 Å². The van der Waals surface area contributed by atoms with Crippen LogP contribution in [-0.2, 0) is 16.0 Å². The van der Waals surface area contributed by atoms with Crippen LogP contribution < -0.4 is 14.8 Å². The molecule has 1 fully saturated rings. The number of amides is 1. The van der Waals surface area contributed by atoms with E-state index in [1.54, 1.807) is 7.11 Å². The van der Waals surface area contributed by atoms with Gasteiger partial charge in [-0.2, -0.15) is 0 Å². The van der Waals surface area contributed by atoms with Crippen molar-refractivity contribution in [3.05, 3.63) is 59.7 Å². The van der Waals surface area contributed by atoms with E-state index in [0.29, 0.717) is 32.8 Å². The minimum atomic E-state index is 0.0148. The first-order valence-corrected chi connectivity index (χ1v) is 10.1. The van der Waals surface area contributed by atoms with Crippen molar-refractivity contribution >= 4 is 5.91 Å². The summed E-state index contributed by atoms with van der Waals surface area (Å²) in [6.45, 7) is 6.28. The van der Waals surface area contributed by atoms with Crippen LogP contribution in [-0.4, -0.2) is 57.4 Å². The van der Waals surface area contributed by atoms with Crippen LogP contribution in [0.3, 0.4) is 0 Å². The zero-order valence-corrected chi connectivity index (χ0v) is 17.2. The van der Waals surface area contributed by atoms with Gasteiger partial charge < -0.3 is 19.5 Å². The van der Waals surface area contributed by atoms with Gasteiger partial charge in [-0.05, 0) is 42.3 Å². The number of methoxy groups -OCH3 is 1. The minimum absolute atomic E-state index is 0.0148. The molecule has 0 spiro atoms. The maximum Gasteiger partial charge on any atom is 0.224 e. The molecule has 0 aliphatic carbocycles. The Labute approximate surface area is 172 Å². The van der Waals surface area contributed by atoms with E-state index < -0.39 is 0 Å². The zero-order valence-electron chi connectivity index (χ0n) is 17.2. The second kappa shape index (κ2) is 10.8. The van der Waals surface area contributed by atoms with Crippen molar-refractivity contribution in [3.63, 3.8) is 0 Å². The summed E-state index contributed by atoms with van der Waals surface area (Å²) < 4.78 is 16.2. The summed E-state index contributed by atoms with van der Waals surface area (Å²) in [6, 6.07) is 15.8. The van der Waals surface area contributed by atoms with E-state index in [9.17, 15) is 4.79 Å². The molecule has 6 nitrogen and oxygen atoms in total. The number of nitrogens with one attached hydrogen (secondary N) is 1. The van der Waals surface area contributed by atoms with Crippen LogP contribution in [0.5, 0.6) is 11.5 Å². The smallest absolute Gasteiger partial charge is 0.224 e. The van der Waals surface area contributed by atoms with Crippen molar-refractivity contribution in [1.82, 2.24) is 10.2 Å². The molecule has 2 aromatic rings.